The van der Waals surface area contributed by atoms with Crippen LogP contribution in [0.25, 0.3) is 6.08 Å². The number of fused-ring (bicyclic) bond motifs is 1. The molecule has 2 aromatic carbocycles. The third-order valence-electron chi connectivity index (χ3n) is 5.09. The van der Waals surface area contributed by atoms with Gasteiger partial charge in [0.15, 0.2) is 17.3 Å². The summed E-state index contributed by atoms with van der Waals surface area (Å²) in [6.07, 6.45) is 1.62. The van der Waals surface area contributed by atoms with E-state index in [1.54, 1.807) is 31.4 Å². The molecule has 0 aliphatic carbocycles. The van der Waals surface area contributed by atoms with Crippen molar-refractivity contribution < 1.29 is 19.0 Å². The molecule has 0 radical (unpaired) electrons. The fraction of sp³-hybridized carbons (Fsp3) is 0.280. The Balaban J connectivity index is 1.44. The first-order chi connectivity index (χ1) is 16.4. The Morgan fingerprint density at radius 1 is 1.09 bits per heavy atom. The number of thioether (sulfide) groups is 1. The zero-order valence-corrected chi connectivity index (χ0v) is 20.3. The quantitative estimate of drug-likeness (QED) is 0.435. The average molecular weight is 479 g/mol. The molecule has 9 heteroatoms. The minimum absolute atomic E-state index is 0.00528. The van der Waals surface area contributed by atoms with Gasteiger partial charge in [0.1, 0.15) is 24.0 Å². The molecule has 2 aliphatic rings. The maximum Gasteiger partial charge on any atom is 0.283 e. The molecule has 2 aromatic rings. The largest absolute Gasteiger partial charge is 0.493 e. The summed E-state index contributed by atoms with van der Waals surface area (Å²) in [4.78, 5) is 16.7. The van der Waals surface area contributed by atoms with E-state index >= 15 is 0 Å². The van der Waals surface area contributed by atoms with E-state index in [1.807, 2.05) is 45.0 Å². The van der Waals surface area contributed by atoms with Gasteiger partial charge in [0.2, 0.25) is 5.17 Å². The minimum atomic E-state index is -0.462. The molecule has 2 heterocycles. The number of carbonyl (C=O) groups is 1. The van der Waals surface area contributed by atoms with Crippen molar-refractivity contribution in [3.05, 3.63) is 59.2 Å². The molecule has 1 amide bonds. The van der Waals surface area contributed by atoms with E-state index in [9.17, 15) is 4.79 Å². The molecule has 0 aromatic heterocycles. The van der Waals surface area contributed by atoms with Gasteiger partial charge in [0.05, 0.1) is 12.7 Å². The van der Waals surface area contributed by atoms with Gasteiger partial charge >= 0.3 is 0 Å². The summed E-state index contributed by atoms with van der Waals surface area (Å²) < 4.78 is 17.0. The number of amides is 1. The number of methoxy groups -OCH3 is 1. The number of hydrazone groups is 1. The molecule has 0 unspecified atom stereocenters. The molecule has 0 saturated carbocycles. The molecule has 0 spiro atoms. The first-order valence-electron chi connectivity index (χ1n) is 10.9. The molecule has 0 fully saturated rings. The summed E-state index contributed by atoms with van der Waals surface area (Å²) in [6.45, 7) is 6.78. The summed E-state index contributed by atoms with van der Waals surface area (Å²) in [5, 5.41) is 15.6. The molecule has 1 N–H and O–H groups in total. The van der Waals surface area contributed by atoms with Crippen molar-refractivity contribution in [1.29, 1.82) is 5.41 Å². The average Bonchev–Trinajstić information content (AvgIpc) is 3.25. The number of nitrogens with one attached hydrogen (secondary N) is 1. The first-order valence-corrected chi connectivity index (χ1v) is 11.7. The zero-order chi connectivity index (χ0) is 24.2. The number of rotatable bonds is 8. The van der Waals surface area contributed by atoms with Crippen molar-refractivity contribution in [2.75, 3.05) is 20.3 Å². The second kappa shape index (κ2) is 10.1. The molecular weight excluding hydrogens is 452 g/mol. The Morgan fingerprint density at radius 2 is 1.82 bits per heavy atom. The molecule has 2 aliphatic heterocycles. The summed E-state index contributed by atoms with van der Waals surface area (Å²) >= 11 is 1.33. The van der Waals surface area contributed by atoms with Gasteiger partial charge in [-0.1, -0.05) is 37.6 Å². The van der Waals surface area contributed by atoms with Crippen molar-refractivity contribution in [2.45, 2.75) is 20.8 Å². The number of ether oxygens (including phenoxy) is 3. The Bertz CT molecular complexity index is 1200. The molecule has 0 atom stereocenters. The van der Waals surface area contributed by atoms with Gasteiger partial charge in [-0.25, -0.2) is 0 Å². The van der Waals surface area contributed by atoms with Crippen molar-refractivity contribution >= 4 is 39.8 Å². The number of hydrogen-bond donors (Lipinski definition) is 1. The third kappa shape index (κ3) is 5.14. The van der Waals surface area contributed by atoms with Gasteiger partial charge in [0, 0.05) is 5.92 Å². The molecule has 0 saturated heterocycles. The SMILES string of the molecule is COc1cc(/C=C2\C(=N)N3N=C(C(C)C)SC3=NC2=O)ccc1OCCOc1ccc(C)cc1. The van der Waals surface area contributed by atoms with Crippen molar-refractivity contribution in [3.63, 3.8) is 0 Å². The molecule has 0 bridgehead atoms. The highest BCUT2D eigenvalue weighted by molar-refractivity contribution is 8.27. The Morgan fingerprint density at radius 3 is 2.53 bits per heavy atom. The van der Waals surface area contributed by atoms with E-state index < -0.39 is 5.91 Å². The molecule has 176 valence electrons. The number of aliphatic imine (C=N–C) groups is 1. The van der Waals surface area contributed by atoms with Gasteiger partial charge in [-0.15, -0.1) is 0 Å². The van der Waals surface area contributed by atoms with E-state index in [1.165, 1.54) is 22.3 Å². The summed E-state index contributed by atoms with van der Waals surface area (Å²) in [5.74, 6) is 1.59. The van der Waals surface area contributed by atoms with Crippen molar-refractivity contribution in [1.82, 2.24) is 5.01 Å². The Kier molecular flexibility index (Phi) is 7.02. The van der Waals surface area contributed by atoms with E-state index in [2.05, 4.69) is 10.1 Å². The van der Waals surface area contributed by atoms with E-state index in [0.29, 0.717) is 35.4 Å². The van der Waals surface area contributed by atoms with Crippen molar-refractivity contribution in [2.24, 2.45) is 16.0 Å². The van der Waals surface area contributed by atoms with Gasteiger partial charge in [-0.2, -0.15) is 15.1 Å². The van der Waals surface area contributed by atoms with Crippen LogP contribution in [-0.2, 0) is 4.79 Å². The lowest BCUT2D eigenvalue weighted by Gasteiger charge is -2.20. The molecule has 34 heavy (non-hydrogen) atoms. The highest BCUT2D eigenvalue weighted by Gasteiger charge is 2.36. The van der Waals surface area contributed by atoms with Crippen LogP contribution in [0.15, 0.2) is 58.1 Å². The van der Waals surface area contributed by atoms with Crippen LogP contribution in [0.5, 0.6) is 17.2 Å². The smallest absolute Gasteiger partial charge is 0.283 e. The van der Waals surface area contributed by atoms with Crippen LogP contribution < -0.4 is 14.2 Å². The number of amidine groups is 2. The molecular formula is C25H26N4O4S. The number of benzene rings is 2. The number of hydrogen-bond acceptors (Lipinski definition) is 7. The standard InChI is InChI=1S/C25H26N4O4S/c1-15(2)24-28-29-22(26)19(23(30)27-25(29)34-24)13-17-7-10-20(21(14-17)31-4)33-12-11-32-18-8-5-16(3)6-9-18/h5-10,13-15,26H,11-12H2,1-4H3/b19-13+,26-22?. The zero-order valence-electron chi connectivity index (χ0n) is 19.5. The van der Waals surface area contributed by atoms with Crippen LogP contribution >= 0.6 is 11.8 Å². The van der Waals surface area contributed by atoms with Gasteiger partial charge in [0.25, 0.3) is 5.91 Å². The predicted molar refractivity (Wildman–Crippen MR) is 135 cm³/mol. The van der Waals surface area contributed by atoms with E-state index in [4.69, 9.17) is 19.6 Å². The van der Waals surface area contributed by atoms with Crippen LogP contribution in [0.1, 0.15) is 25.0 Å². The fourth-order valence-electron chi connectivity index (χ4n) is 3.25. The third-order valence-corrected chi connectivity index (χ3v) is 6.30. The van der Waals surface area contributed by atoms with Crippen LogP contribution in [0.2, 0.25) is 0 Å². The predicted octanol–water partition coefficient (Wildman–Crippen LogP) is 4.74. The lowest BCUT2D eigenvalue weighted by atomic mass is 10.1. The van der Waals surface area contributed by atoms with Crippen LogP contribution in [-0.4, -0.2) is 47.3 Å². The van der Waals surface area contributed by atoms with Gasteiger partial charge in [-0.3, -0.25) is 10.2 Å². The van der Waals surface area contributed by atoms with Gasteiger partial charge < -0.3 is 14.2 Å². The van der Waals surface area contributed by atoms with Gasteiger partial charge in [-0.05, 0) is 54.6 Å². The highest BCUT2D eigenvalue weighted by atomic mass is 32.2. The number of aryl methyl sites for hydroxylation is 1. The van der Waals surface area contributed by atoms with Crippen LogP contribution in [0.4, 0.5) is 0 Å². The minimum Gasteiger partial charge on any atom is -0.493 e. The second-order valence-corrected chi connectivity index (χ2v) is 9.02. The summed E-state index contributed by atoms with van der Waals surface area (Å²) in [5.41, 5.74) is 2.03. The lowest BCUT2D eigenvalue weighted by Crippen LogP contribution is -2.35. The van der Waals surface area contributed by atoms with E-state index in [-0.39, 0.29) is 17.3 Å². The maximum absolute atomic E-state index is 12.6. The highest BCUT2D eigenvalue weighted by Crippen LogP contribution is 2.32. The van der Waals surface area contributed by atoms with Crippen molar-refractivity contribution in [3.8, 4) is 17.2 Å². The van der Waals surface area contributed by atoms with Crippen LogP contribution in [0, 0.1) is 18.3 Å². The maximum atomic E-state index is 12.6. The Labute approximate surface area is 202 Å². The Hall–Kier alpha value is -3.59. The fourth-order valence-corrected chi connectivity index (χ4v) is 4.14. The molecule has 8 nitrogen and oxygen atoms in total. The number of nitrogens with zero attached hydrogens (tertiary/aromatic N) is 3. The van der Waals surface area contributed by atoms with E-state index in [0.717, 1.165) is 10.8 Å². The topological polar surface area (TPSA) is 96.6 Å². The summed E-state index contributed by atoms with van der Waals surface area (Å²) in [6, 6.07) is 13.2. The normalized spacial score (nSPS) is 16.5. The molecule has 4 rings (SSSR count). The second-order valence-electron chi connectivity index (χ2n) is 8.03. The first kappa shape index (κ1) is 23.6. The monoisotopic (exact) mass is 478 g/mol. The number of carbonyl (C=O) groups excluding carboxylic acids is 1. The summed E-state index contributed by atoms with van der Waals surface area (Å²) in [7, 11) is 1.55. The lowest BCUT2D eigenvalue weighted by molar-refractivity contribution is -0.114. The van der Waals surface area contributed by atoms with Crippen LogP contribution in [0.3, 0.4) is 0 Å².